The Kier molecular flexibility index (Phi) is 4.59. The standard InChI is InChI=1S/C13H15BrN2O4/c1-2-20-13(17)8-15(10-4-5-10)11-6-3-9(14)7-12(11)16(18)19/h3,6-7,10H,2,4-5,8H2,1H3. The minimum absolute atomic E-state index is 0.00410. The Hall–Kier alpha value is -1.63. The van der Waals surface area contributed by atoms with Crippen molar-refractivity contribution >= 4 is 33.3 Å². The third-order valence-corrected chi connectivity index (χ3v) is 3.53. The van der Waals surface area contributed by atoms with Crippen LogP contribution >= 0.6 is 15.9 Å². The van der Waals surface area contributed by atoms with Crippen LogP contribution < -0.4 is 4.90 Å². The van der Waals surface area contributed by atoms with Gasteiger partial charge < -0.3 is 9.64 Å². The van der Waals surface area contributed by atoms with Gasteiger partial charge in [0, 0.05) is 16.6 Å². The van der Waals surface area contributed by atoms with Crippen LogP contribution in [-0.4, -0.2) is 30.1 Å². The predicted octanol–water partition coefficient (Wildman–Crippen LogP) is 2.89. The highest BCUT2D eigenvalue weighted by atomic mass is 79.9. The Morgan fingerprint density at radius 3 is 2.80 bits per heavy atom. The molecule has 0 N–H and O–H groups in total. The van der Waals surface area contributed by atoms with Gasteiger partial charge in [0.15, 0.2) is 0 Å². The zero-order valence-electron chi connectivity index (χ0n) is 11.0. The molecule has 0 aliphatic heterocycles. The van der Waals surface area contributed by atoms with Crippen LogP contribution in [0.15, 0.2) is 22.7 Å². The molecule has 0 heterocycles. The van der Waals surface area contributed by atoms with E-state index in [0.717, 1.165) is 12.8 Å². The van der Waals surface area contributed by atoms with Crippen molar-refractivity contribution in [2.75, 3.05) is 18.1 Å². The number of esters is 1. The van der Waals surface area contributed by atoms with Gasteiger partial charge in [0.2, 0.25) is 0 Å². The van der Waals surface area contributed by atoms with Gasteiger partial charge in [0.25, 0.3) is 5.69 Å². The van der Waals surface area contributed by atoms with E-state index in [2.05, 4.69) is 15.9 Å². The smallest absolute Gasteiger partial charge is 0.325 e. The average molecular weight is 343 g/mol. The number of halogens is 1. The zero-order valence-corrected chi connectivity index (χ0v) is 12.6. The maximum absolute atomic E-state index is 11.7. The van der Waals surface area contributed by atoms with Crippen LogP contribution in [0.3, 0.4) is 0 Å². The van der Waals surface area contributed by atoms with Gasteiger partial charge in [-0.1, -0.05) is 15.9 Å². The summed E-state index contributed by atoms with van der Waals surface area (Å²) in [5.74, 6) is -0.364. The first-order valence-corrected chi connectivity index (χ1v) is 7.18. The van der Waals surface area contributed by atoms with Crippen molar-refractivity contribution in [3.8, 4) is 0 Å². The quantitative estimate of drug-likeness (QED) is 0.451. The molecule has 6 nitrogen and oxygen atoms in total. The van der Waals surface area contributed by atoms with E-state index in [-0.39, 0.29) is 24.2 Å². The fraction of sp³-hybridized carbons (Fsp3) is 0.462. The molecular formula is C13H15BrN2O4. The lowest BCUT2D eigenvalue weighted by atomic mass is 10.2. The SMILES string of the molecule is CCOC(=O)CN(c1ccc(Br)cc1[N+](=O)[O-])C1CC1. The molecule has 7 heteroatoms. The molecule has 0 amide bonds. The lowest BCUT2D eigenvalue weighted by molar-refractivity contribution is -0.384. The molecule has 1 aromatic carbocycles. The second-order valence-corrected chi connectivity index (χ2v) is 5.47. The van der Waals surface area contributed by atoms with Crippen molar-refractivity contribution < 1.29 is 14.5 Å². The van der Waals surface area contributed by atoms with Crippen LogP contribution in [0.5, 0.6) is 0 Å². The van der Waals surface area contributed by atoms with Gasteiger partial charge in [-0.05, 0) is 31.9 Å². The summed E-state index contributed by atoms with van der Waals surface area (Å²) in [6.45, 7) is 2.09. The van der Waals surface area contributed by atoms with Gasteiger partial charge in [0.1, 0.15) is 12.2 Å². The van der Waals surface area contributed by atoms with E-state index >= 15 is 0 Å². The Balaban J connectivity index is 2.29. The van der Waals surface area contributed by atoms with E-state index in [0.29, 0.717) is 16.8 Å². The van der Waals surface area contributed by atoms with Crippen LogP contribution in [0, 0.1) is 10.1 Å². The maximum atomic E-state index is 11.7. The minimum Gasteiger partial charge on any atom is -0.465 e. The first-order valence-electron chi connectivity index (χ1n) is 6.39. The summed E-state index contributed by atoms with van der Waals surface area (Å²) in [5.41, 5.74) is 0.462. The Morgan fingerprint density at radius 1 is 1.55 bits per heavy atom. The highest BCUT2D eigenvalue weighted by Crippen LogP contribution is 2.38. The molecule has 1 fully saturated rings. The maximum Gasteiger partial charge on any atom is 0.325 e. The molecular weight excluding hydrogens is 328 g/mol. The molecule has 1 aromatic rings. The topological polar surface area (TPSA) is 72.7 Å². The number of hydrogen-bond donors (Lipinski definition) is 0. The summed E-state index contributed by atoms with van der Waals surface area (Å²) in [6, 6.07) is 5.04. The summed E-state index contributed by atoms with van der Waals surface area (Å²) in [5, 5.41) is 11.2. The summed E-state index contributed by atoms with van der Waals surface area (Å²) < 4.78 is 5.57. The summed E-state index contributed by atoms with van der Waals surface area (Å²) in [7, 11) is 0. The van der Waals surface area contributed by atoms with Crippen LogP contribution in [-0.2, 0) is 9.53 Å². The second-order valence-electron chi connectivity index (χ2n) is 4.55. The number of ether oxygens (including phenoxy) is 1. The number of rotatable bonds is 6. The molecule has 0 atom stereocenters. The molecule has 0 unspecified atom stereocenters. The third kappa shape index (κ3) is 3.47. The number of nitrogens with zero attached hydrogens (tertiary/aromatic N) is 2. The monoisotopic (exact) mass is 342 g/mol. The number of nitro groups is 1. The fourth-order valence-corrected chi connectivity index (χ4v) is 2.38. The number of nitro benzene ring substituents is 1. The molecule has 1 saturated carbocycles. The first kappa shape index (κ1) is 14.8. The highest BCUT2D eigenvalue weighted by molar-refractivity contribution is 9.10. The van der Waals surface area contributed by atoms with Crippen LogP contribution in [0.2, 0.25) is 0 Å². The van der Waals surface area contributed by atoms with Crippen molar-refractivity contribution in [3.05, 3.63) is 32.8 Å². The Labute approximate surface area is 125 Å². The largest absolute Gasteiger partial charge is 0.465 e. The van der Waals surface area contributed by atoms with E-state index in [4.69, 9.17) is 4.74 Å². The lowest BCUT2D eigenvalue weighted by Crippen LogP contribution is -2.33. The molecule has 2 rings (SSSR count). The Bertz CT molecular complexity index is 531. The van der Waals surface area contributed by atoms with Gasteiger partial charge in [-0.25, -0.2) is 0 Å². The number of carbonyl (C=O) groups excluding carboxylic acids is 1. The van der Waals surface area contributed by atoms with Gasteiger partial charge in [-0.15, -0.1) is 0 Å². The molecule has 1 aliphatic rings. The van der Waals surface area contributed by atoms with Crippen molar-refractivity contribution in [1.82, 2.24) is 0 Å². The number of hydrogen-bond acceptors (Lipinski definition) is 5. The van der Waals surface area contributed by atoms with Crippen LogP contribution in [0.1, 0.15) is 19.8 Å². The van der Waals surface area contributed by atoms with Gasteiger partial charge in [-0.2, -0.15) is 0 Å². The molecule has 1 aliphatic carbocycles. The minimum atomic E-state index is -0.430. The van der Waals surface area contributed by atoms with Crippen molar-refractivity contribution in [1.29, 1.82) is 0 Å². The fourth-order valence-electron chi connectivity index (χ4n) is 2.03. The Morgan fingerprint density at radius 2 is 2.25 bits per heavy atom. The second kappa shape index (κ2) is 6.21. The van der Waals surface area contributed by atoms with Crippen molar-refractivity contribution in [3.63, 3.8) is 0 Å². The summed E-state index contributed by atoms with van der Waals surface area (Å²) in [6.07, 6.45) is 1.87. The van der Waals surface area contributed by atoms with E-state index in [1.165, 1.54) is 6.07 Å². The van der Waals surface area contributed by atoms with Crippen molar-refractivity contribution in [2.24, 2.45) is 0 Å². The summed E-state index contributed by atoms with van der Waals surface area (Å²) >= 11 is 3.23. The van der Waals surface area contributed by atoms with Gasteiger partial charge >= 0.3 is 5.97 Å². The number of anilines is 1. The zero-order chi connectivity index (χ0) is 14.7. The van der Waals surface area contributed by atoms with Crippen molar-refractivity contribution in [2.45, 2.75) is 25.8 Å². The molecule has 0 bridgehead atoms. The molecule has 20 heavy (non-hydrogen) atoms. The molecule has 108 valence electrons. The van der Waals surface area contributed by atoms with E-state index < -0.39 is 4.92 Å². The third-order valence-electron chi connectivity index (χ3n) is 3.04. The molecule has 0 saturated heterocycles. The number of carbonyl (C=O) groups is 1. The normalized spacial score (nSPS) is 13.9. The molecule has 0 spiro atoms. The number of benzene rings is 1. The molecule has 0 radical (unpaired) electrons. The van der Waals surface area contributed by atoms with E-state index in [1.54, 1.807) is 24.0 Å². The van der Waals surface area contributed by atoms with E-state index in [1.807, 2.05) is 0 Å². The average Bonchev–Trinajstić information content (AvgIpc) is 3.20. The summed E-state index contributed by atoms with van der Waals surface area (Å²) in [4.78, 5) is 24.2. The lowest BCUT2D eigenvalue weighted by Gasteiger charge is -2.23. The highest BCUT2D eigenvalue weighted by Gasteiger charge is 2.34. The molecule has 0 aromatic heterocycles. The van der Waals surface area contributed by atoms with Crippen LogP contribution in [0.4, 0.5) is 11.4 Å². The van der Waals surface area contributed by atoms with E-state index in [9.17, 15) is 14.9 Å². The predicted molar refractivity (Wildman–Crippen MR) is 77.8 cm³/mol. The van der Waals surface area contributed by atoms with Crippen LogP contribution in [0.25, 0.3) is 0 Å². The van der Waals surface area contributed by atoms with Gasteiger partial charge in [-0.3, -0.25) is 14.9 Å². The first-order chi connectivity index (χ1) is 9.52. The van der Waals surface area contributed by atoms with Gasteiger partial charge in [0.05, 0.1) is 11.5 Å².